The van der Waals surface area contributed by atoms with Gasteiger partial charge in [0.05, 0.1) is 0 Å². The molecule has 0 saturated heterocycles. The topological polar surface area (TPSA) is 0 Å². The summed E-state index contributed by atoms with van der Waals surface area (Å²) in [6.07, 6.45) is 0. The Hall–Kier alpha value is 2.41. The highest BCUT2D eigenvalue weighted by atomic mass is 127. The molecule has 50 valence electrons. The van der Waals surface area contributed by atoms with Crippen molar-refractivity contribution in [2.24, 2.45) is 5.92 Å². The number of halogens is 3. The number of hydrogen-bond acceptors (Lipinski definition) is 0. The molecule has 0 N–H and O–H groups in total. The van der Waals surface area contributed by atoms with Gasteiger partial charge in [0.25, 0.3) is 0.564 Å². The van der Waals surface area contributed by atoms with Crippen LogP contribution in [-0.2, 0) is 0 Å². The lowest BCUT2D eigenvalue weighted by Crippen LogP contribution is -2.08. The Morgan fingerprint density at radius 2 is 1.62 bits per heavy atom. The summed E-state index contributed by atoms with van der Waals surface area (Å²) in [7, 11) is 0. The molecule has 0 heterocycles. The molecule has 0 bridgehead atoms. The summed E-state index contributed by atoms with van der Waals surface area (Å²) in [6.45, 7) is 4.58. The first-order valence-corrected chi connectivity index (χ1v) is 14.0. The van der Waals surface area contributed by atoms with Gasteiger partial charge in [-0.05, 0) is 12.0 Å². The van der Waals surface area contributed by atoms with E-state index in [1.807, 2.05) is 0 Å². The first kappa shape index (κ1) is 10.4. The Kier molecular flexibility index (Phi) is 5.62. The van der Waals surface area contributed by atoms with Crippen LogP contribution in [0.3, 0.4) is 0 Å². The van der Waals surface area contributed by atoms with E-state index in [1.165, 1.54) is 6.04 Å². The molecule has 0 aromatic carbocycles. The van der Waals surface area contributed by atoms with Crippen LogP contribution < -0.4 is 0 Å². The molecule has 8 heavy (non-hydrogen) atoms. The van der Waals surface area contributed by atoms with Crippen LogP contribution in [0.4, 0.5) is 0 Å². The molecule has 0 saturated carbocycles. The van der Waals surface area contributed by atoms with E-state index in [0.29, 0.717) is 0 Å². The molecule has 0 fully saturated rings. The third-order valence-electron chi connectivity index (χ3n) is 0.640. The van der Waals surface area contributed by atoms with E-state index >= 15 is 0 Å². The van der Waals surface area contributed by atoms with Gasteiger partial charge in [0.2, 0.25) is 0 Å². The first-order chi connectivity index (χ1) is 3.42. The zero-order chi connectivity index (χ0) is 6.78. The third-order valence-corrected chi connectivity index (χ3v) is 5.88. The second-order valence-corrected chi connectivity index (χ2v) is 39.0. The Morgan fingerprint density at radius 1 is 1.25 bits per heavy atom. The molecule has 0 aromatic heterocycles. The van der Waals surface area contributed by atoms with Crippen LogP contribution in [0.15, 0.2) is 0 Å². The zero-order valence-electron chi connectivity index (χ0n) is 4.92. The van der Waals surface area contributed by atoms with Crippen LogP contribution in [0.25, 0.3) is 0 Å². The molecular weight excluding hydrogens is 457 g/mol. The Labute approximate surface area is 90.2 Å². The molecular formula is C4H9I3Si. The van der Waals surface area contributed by atoms with Gasteiger partial charge in [0.15, 0.2) is 0 Å². The summed E-state index contributed by atoms with van der Waals surface area (Å²) in [5, 5.41) is 0. The fourth-order valence-electron chi connectivity index (χ4n) is 0.463. The summed E-state index contributed by atoms with van der Waals surface area (Å²) >= 11 is 7.81. The van der Waals surface area contributed by atoms with Crippen LogP contribution in [0.1, 0.15) is 13.8 Å². The molecule has 0 spiro atoms. The zero-order valence-corrected chi connectivity index (χ0v) is 12.4. The van der Waals surface area contributed by atoms with Crippen molar-refractivity contribution >= 4 is 66.0 Å². The fourth-order valence-corrected chi connectivity index (χ4v) is 9.32. The standard InChI is InChI=1S/C4H9I3Si/c1-4(2)3-8(5,6)7/h4H,3H2,1-2H3. The molecule has 4 heteroatoms. The molecule has 0 nitrogen and oxygen atoms in total. The van der Waals surface area contributed by atoms with E-state index in [2.05, 4.69) is 79.2 Å². The molecule has 0 amide bonds. The third kappa shape index (κ3) is 8.41. The van der Waals surface area contributed by atoms with Gasteiger partial charge in [-0.15, -0.1) is 0 Å². The van der Waals surface area contributed by atoms with Crippen LogP contribution in [-0.4, -0.2) is 0.564 Å². The van der Waals surface area contributed by atoms with Gasteiger partial charge in [0.1, 0.15) is 0 Å². The predicted molar refractivity (Wildman–Crippen MR) is 67.5 cm³/mol. The highest BCUT2D eigenvalue weighted by Crippen LogP contribution is 2.36. The van der Waals surface area contributed by atoms with Crippen LogP contribution in [0.2, 0.25) is 6.04 Å². The van der Waals surface area contributed by atoms with Gasteiger partial charge in [-0.1, -0.05) is 79.2 Å². The van der Waals surface area contributed by atoms with Crippen molar-refractivity contribution in [3.8, 4) is 0 Å². The monoisotopic (exact) mass is 466 g/mol. The smallest absolute Gasteiger partial charge is 0.0909 e. The highest BCUT2D eigenvalue weighted by Gasteiger charge is 2.22. The van der Waals surface area contributed by atoms with Crippen molar-refractivity contribution < 1.29 is 0 Å². The van der Waals surface area contributed by atoms with E-state index in [0.717, 1.165) is 5.92 Å². The van der Waals surface area contributed by atoms with E-state index in [1.54, 1.807) is 0 Å². The minimum Gasteiger partial charge on any atom is -0.0909 e. The van der Waals surface area contributed by atoms with Gasteiger partial charge in [0, 0.05) is 0 Å². The molecule has 0 aliphatic carbocycles. The van der Waals surface area contributed by atoms with Crippen LogP contribution in [0.5, 0.6) is 0 Å². The number of rotatable bonds is 2. The largest absolute Gasteiger partial charge is 0.254 e. The minimum atomic E-state index is -0.810. The fraction of sp³-hybridized carbons (Fsp3) is 1.00. The lowest BCUT2D eigenvalue weighted by atomic mass is 10.3. The Balaban J connectivity index is 3.39. The summed E-state index contributed by atoms with van der Waals surface area (Å²) < 4.78 is -0.810. The van der Waals surface area contributed by atoms with Crippen molar-refractivity contribution in [1.82, 2.24) is 0 Å². The summed E-state index contributed by atoms with van der Waals surface area (Å²) in [5.41, 5.74) is 0. The Bertz CT molecular complexity index is 66.2. The average molecular weight is 466 g/mol. The van der Waals surface area contributed by atoms with Gasteiger partial charge < -0.3 is 0 Å². The average Bonchev–Trinajstić information content (AvgIpc) is 1.21. The molecule has 0 radical (unpaired) electrons. The highest BCUT2D eigenvalue weighted by molar-refractivity contribution is 14.4. The molecule has 0 rings (SSSR count). The van der Waals surface area contributed by atoms with Crippen molar-refractivity contribution in [2.45, 2.75) is 19.9 Å². The van der Waals surface area contributed by atoms with Crippen molar-refractivity contribution in [3.63, 3.8) is 0 Å². The molecule has 0 unspecified atom stereocenters. The van der Waals surface area contributed by atoms with Crippen molar-refractivity contribution in [3.05, 3.63) is 0 Å². The summed E-state index contributed by atoms with van der Waals surface area (Å²) in [5.74, 6) is 0.882. The normalized spacial score (nSPS) is 12.8. The lowest BCUT2D eigenvalue weighted by Gasteiger charge is -2.10. The van der Waals surface area contributed by atoms with E-state index < -0.39 is 0.564 Å². The first-order valence-electron chi connectivity index (χ1n) is 2.48. The van der Waals surface area contributed by atoms with Crippen LogP contribution >= 0.6 is 65.4 Å². The SMILES string of the molecule is CC(C)C[Si](I)(I)I. The molecule has 0 aliphatic heterocycles. The molecule has 0 aliphatic rings. The van der Waals surface area contributed by atoms with Crippen molar-refractivity contribution in [1.29, 1.82) is 0 Å². The molecule has 0 aromatic rings. The maximum Gasteiger partial charge on any atom is 0.254 e. The van der Waals surface area contributed by atoms with Crippen LogP contribution in [0, 0.1) is 5.92 Å². The minimum absolute atomic E-state index is 0.810. The van der Waals surface area contributed by atoms with Gasteiger partial charge >= 0.3 is 0 Å². The Morgan fingerprint density at radius 3 is 1.62 bits per heavy atom. The summed E-state index contributed by atoms with van der Waals surface area (Å²) in [4.78, 5) is 0. The lowest BCUT2D eigenvalue weighted by molar-refractivity contribution is 0.734. The second kappa shape index (κ2) is 4.32. The predicted octanol–water partition coefficient (Wildman–Crippen LogP) is 3.89. The number of hydrogen-bond donors (Lipinski definition) is 0. The van der Waals surface area contributed by atoms with Gasteiger partial charge in [-0.2, -0.15) is 0 Å². The van der Waals surface area contributed by atoms with E-state index in [9.17, 15) is 0 Å². The summed E-state index contributed by atoms with van der Waals surface area (Å²) in [6, 6.07) is 1.43. The molecule has 0 atom stereocenters. The quantitative estimate of drug-likeness (QED) is 0.330. The maximum absolute atomic E-state index is 2.60. The second-order valence-electron chi connectivity index (χ2n) is 2.21. The van der Waals surface area contributed by atoms with Crippen molar-refractivity contribution in [2.75, 3.05) is 0 Å². The maximum atomic E-state index is 2.60. The van der Waals surface area contributed by atoms with Gasteiger partial charge in [-0.3, -0.25) is 0 Å². The van der Waals surface area contributed by atoms with Gasteiger partial charge in [-0.25, -0.2) is 0 Å². The van der Waals surface area contributed by atoms with E-state index in [-0.39, 0.29) is 0 Å². The van der Waals surface area contributed by atoms with E-state index in [4.69, 9.17) is 0 Å².